The number of hydrogen-bond acceptors (Lipinski definition) is 5. The van der Waals surface area contributed by atoms with Crippen molar-refractivity contribution in [3.63, 3.8) is 0 Å². The van der Waals surface area contributed by atoms with E-state index in [0.29, 0.717) is 35.1 Å². The van der Waals surface area contributed by atoms with Crippen molar-refractivity contribution in [2.45, 2.75) is 69.6 Å². The van der Waals surface area contributed by atoms with Gasteiger partial charge in [0.25, 0.3) is 0 Å². The zero-order chi connectivity index (χ0) is 20.0. The Bertz CT molecular complexity index is 903. The van der Waals surface area contributed by atoms with E-state index in [0.717, 1.165) is 36.8 Å². The standard InChI is InChI=1S/C20H29N3O3S2/c1-2-3-4-5-7-10-19(24)22-20-21-17-12-11-16(15-18(17)27-20)28(25,26)23-13-8-6-9-14-23/h11-12,15H,2-10,13-14H2,1H3,(H,21,22,24). The van der Waals surface area contributed by atoms with Crippen LogP contribution >= 0.6 is 11.3 Å². The molecule has 0 aliphatic carbocycles. The van der Waals surface area contributed by atoms with Crippen LogP contribution in [0.1, 0.15) is 64.7 Å². The smallest absolute Gasteiger partial charge is 0.243 e. The second kappa shape index (κ2) is 9.80. The molecule has 0 radical (unpaired) electrons. The van der Waals surface area contributed by atoms with Gasteiger partial charge in [0.2, 0.25) is 15.9 Å². The van der Waals surface area contributed by atoms with Gasteiger partial charge in [-0.2, -0.15) is 4.31 Å². The van der Waals surface area contributed by atoms with E-state index >= 15 is 0 Å². The van der Waals surface area contributed by atoms with E-state index in [1.165, 1.54) is 30.6 Å². The maximum Gasteiger partial charge on any atom is 0.243 e. The van der Waals surface area contributed by atoms with E-state index in [-0.39, 0.29) is 5.91 Å². The molecule has 2 aromatic rings. The third kappa shape index (κ3) is 5.30. The molecule has 1 aromatic heterocycles. The molecule has 6 nitrogen and oxygen atoms in total. The number of nitrogens with one attached hydrogen (secondary N) is 1. The van der Waals surface area contributed by atoms with Crippen LogP contribution < -0.4 is 5.32 Å². The van der Waals surface area contributed by atoms with Crippen LogP contribution in [0.4, 0.5) is 5.13 Å². The fourth-order valence-electron chi connectivity index (χ4n) is 3.44. The number of benzene rings is 1. The second-order valence-corrected chi connectivity index (χ2v) is 10.3. The first kappa shape index (κ1) is 21.2. The van der Waals surface area contributed by atoms with Crippen LogP contribution in [0.3, 0.4) is 0 Å². The Labute approximate surface area is 171 Å². The van der Waals surface area contributed by atoms with Crippen LogP contribution in [0, 0.1) is 0 Å². The van der Waals surface area contributed by atoms with E-state index in [2.05, 4.69) is 17.2 Å². The van der Waals surface area contributed by atoms with Gasteiger partial charge in [-0.1, -0.05) is 50.4 Å². The molecule has 154 valence electrons. The minimum Gasteiger partial charge on any atom is -0.302 e. The summed E-state index contributed by atoms with van der Waals surface area (Å²) in [4.78, 5) is 16.8. The number of anilines is 1. The van der Waals surface area contributed by atoms with Gasteiger partial charge in [-0.3, -0.25) is 4.79 Å². The van der Waals surface area contributed by atoms with Gasteiger partial charge in [0.05, 0.1) is 15.1 Å². The second-order valence-electron chi connectivity index (χ2n) is 7.33. The molecule has 0 bridgehead atoms. The lowest BCUT2D eigenvalue weighted by atomic mass is 10.1. The number of nitrogens with zero attached hydrogens (tertiary/aromatic N) is 2. The van der Waals surface area contributed by atoms with Crippen molar-refractivity contribution in [3.8, 4) is 0 Å². The summed E-state index contributed by atoms with van der Waals surface area (Å²) in [5, 5.41) is 3.38. The van der Waals surface area contributed by atoms with Crippen molar-refractivity contribution in [1.29, 1.82) is 0 Å². The monoisotopic (exact) mass is 423 g/mol. The number of thiazole rings is 1. The van der Waals surface area contributed by atoms with Crippen LogP contribution in [-0.4, -0.2) is 36.7 Å². The Hall–Kier alpha value is -1.51. The molecule has 1 amide bonds. The lowest BCUT2D eigenvalue weighted by Crippen LogP contribution is -2.35. The van der Waals surface area contributed by atoms with Crippen molar-refractivity contribution in [3.05, 3.63) is 18.2 Å². The lowest BCUT2D eigenvalue weighted by molar-refractivity contribution is -0.116. The first-order valence-corrected chi connectivity index (χ1v) is 12.5. The van der Waals surface area contributed by atoms with Gasteiger partial charge < -0.3 is 5.32 Å². The zero-order valence-corrected chi connectivity index (χ0v) is 18.1. The largest absolute Gasteiger partial charge is 0.302 e. The lowest BCUT2D eigenvalue weighted by Gasteiger charge is -2.25. The Balaban J connectivity index is 1.65. The number of carbonyl (C=O) groups excluding carboxylic acids is 1. The molecule has 1 N–H and O–H groups in total. The number of hydrogen-bond donors (Lipinski definition) is 1. The normalized spacial score (nSPS) is 15.8. The molecule has 0 saturated carbocycles. The van der Waals surface area contributed by atoms with Crippen molar-refractivity contribution < 1.29 is 13.2 Å². The summed E-state index contributed by atoms with van der Waals surface area (Å²) in [6, 6.07) is 5.02. The van der Waals surface area contributed by atoms with Gasteiger partial charge in [-0.15, -0.1) is 0 Å². The van der Waals surface area contributed by atoms with Gasteiger partial charge in [0.15, 0.2) is 5.13 Å². The quantitative estimate of drug-likeness (QED) is 0.589. The first-order chi connectivity index (χ1) is 13.5. The first-order valence-electron chi connectivity index (χ1n) is 10.2. The number of sulfonamides is 1. The van der Waals surface area contributed by atoms with Crippen LogP contribution in [-0.2, 0) is 14.8 Å². The number of aromatic nitrogens is 1. The molecule has 1 fully saturated rings. The fraction of sp³-hybridized carbons (Fsp3) is 0.600. The molecule has 28 heavy (non-hydrogen) atoms. The Kier molecular flexibility index (Phi) is 7.42. The Morgan fingerprint density at radius 3 is 2.64 bits per heavy atom. The number of amides is 1. The number of carbonyl (C=O) groups is 1. The fourth-order valence-corrected chi connectivity index (χ4v) is 5.98. The third-order valence-electron chi connectivity index (χ3n) is 5.07. The summed E-state index contributed by atoms with van der Waals surface area (Å²) in [6.07, 6.45) is 8.92. The van der Waals surface area contributed by atoms with Gasteiger partial charge >= 0.3 is 0 Å². The van der Waals surface area contributed by atoms with Crippen LogP contribution in [0.15, 0.2) is 23.1 Å². The summed E-state index contributed by atoms with van der Waals surface area (Å²) >= 11 is 1.32. The highest BCUT2D eigenvalue weighted by atomic mass is 32.2. The number of fused-ring (bicyclic) bond motifs is 1. The molecule has 1 aliphatic rings. The predicted molar refractivity (Wildman–Crippen MR) is 114 cm³/mol. The molecular weight excluding hydrogens is 394 g/mol. The highest BCUT2D eigenvalue weighted by Gasteiger charge is 2.26. The predicted octanol–water partition coefficient (Wildman–Crippen LogP) is 4.77. The minimum atomic E-state index is -3.46. The minimum absolute atomic E-state index is 0.0308. The van der Waals surface area contributed by atoms with Crippen molar-refractivity contribution in [2.24, 2.45) is 0 Å². The van der Waals surface area contributed by atoms with Gasteiger partial charge in [-0.25, -0.2) is 13.4 Å². The molecular formula is C20H29N3O3S2. The highest BCUT2D eigenvalue weighted by molar-refractivity contribution is 7.89. The zero-order valence-electron chi connectivity index (χ0n) is 16.4. The summed E-state index contributed by atoms with van der Waals surface area (Å²) in [5.74, 6) is -0.0308. The van der Waals surface area contributed by atoms with E-state index in [1.54, 1.807) is 22.5 Å². The molecule has 8 heteroatoms. The molecule has 0 atom stereocenters. The van der Waals surface area contributed by atoms with Gasteiger partial charge in [0, 0.05) is 19.5 Å². The van der Waals surface area contributed by atoms with Crippen LogP contribution in [0.25, 0.3) is 10.2 Å². The molecule has 1 saturated heterocycles. The molecule has 1 aromatic carbocycles. The van der Waals surface area contributed by atoms with E-state index in [9.17, 15) is 13.2 Å². The van der Waals surface area contributed by atoms with Crippen LogP contribution in [0.2, 0.25) is 0 Å². The molecule has 3 rings (SSSR count). The number of piperidine rings is 1. The number of rotatable bonds is 9. The molecule has 2 heterocycles. The SMILES string of the molecule is CCCCCCCC(=O)Nc1nc2ccc(S(=O)(=O)N3CCCCC3)cc2s1. The van der Waals surface area contributed by atoms with E-state index in [1.807, 2.05) is 0 Å². The summed E-state index contributed by atoms with van der Waals surface area (Å²) in [5.41, 5.74) is 0.709. The van der Waals surface area contributed by atoms with E-state index < -0.39 is 10.0 Å². The molecule has 0 unspecified atom stereocenters. The van der Waals surface area contributed by atoms with Gasteiger partial charge in [0.1, 0.15) is 0 Å². The molecule has 1 aliphatic heterocycles. The topological polar surface area (TPSA) is 79.4 Å². The summed E-state index contributed by atoms with van der Waals surface area (Å²) in [6.45, 7) is 3.34. The number of unbranched alkanes of at least 4 members (excludes halogenated alkanes) is 4. The van der Waals surface area contributed by atoms with Crippen molar-refractivity contribution in [1.82, 2.24) is 9.29 Å². The highest BCUT2D eigenvalue weighted by Crippen LogP contribution is 2.30. The average Bonchev–Trinajstić information content (AvgIpc) is 3.09. The summed E-state index contributed by atoms with van der Waals surface area (Å²) < 4.78 is 28.0. The summed E-state index contributed by atoms with van der Waals surface area (Å²) in [7, 11) is -3.46. The average molecular weight is 424 g/mol. The third-order valence-corrected chi connectivity index (χ3v) is 7.89. The maximum atomic E-state index is 12.8. The Morgan fingerprint density at radius 1 is 1.14 bits per heavy atom. The van der Waals surface area contributed by atoms with Crippen molar-refractivity contribution >= 4 is 42.6 Å². The van der Waals surface area contributed by atoms with Crippen LogP contribution in [0.5, 0.6) is 0 Å². The van der Waals surface area contributed by atoms with Gasteiger partial charge in [-0.05, 0) is 37.5 Å². The van der Waals surface area contributed by atoms with E-state index in [4.69, 9.17) is 0 Å². The van der Waals surface area contributed by atoms with Crippen molar-refractivity contribution in [2.75, 3.05) is 18.4 Å². The molecule has 0 spiro atoms. The Morgan fingerprint density at radius 2 is 1.89 bits per heavy atom. The maximum absolute atomic E-state index is 12.8.